The molecule has 2 aromatic carbocycles. The number of rotatable bonds is 8. The van der Waals surface area contributed by atoms with Crippen molar-refractivity contribution in [2.24, 2.45) is 4.99 Å². The normalized spacial score (nSPS) is 11.1. The van der Waals surface area contributed by atoms with Crippen LogP contribution in [0.4, 0.5) is 10.5 Å². The number of benzene rings is 2. The van der Waals surface area contributed by atoms with Crippen LogP contribution in [-0.2, 0) is 13.0 Å². The van der Waals surface area contributed by atoms with Crippen LogP contribution in [-0.4, -0.2) is 38.7 Å². The predicted molar refractivity (Wildman–Crippen MR) is 119 cm³/mol. The molecule has 0 heterocycles. The van der Waals surface area contributed by atoms with Gasteiger partial charge in [0.25, 0.3) is 0 Å². The van der Waals surface area contributed by atoms with Crippen molar-refractivity contribution >= 4 is 17.7 Å². The average molecular weight is 398 g/mol. The average Bonchev–Trinajstić information content (AvgIpc) is 2.71. The summed E-state index contributed by atoms with van der Waals surface area (Å²) in [4.78, 5) is 16.0. The SMILES string of the molecule is CN=C(NCCc1ccc(OC)cc1)NCc1ccc(NC(=O)NC(C)C)cc1. The Hall–Kier alpha value is -3.22. The van der Waals surface area contributed by atoms with E-state index in [1.165, 1.54) is 5.56 Å². The van der Waals surface area contributed by atoms with E-state index in [-0.39, 0.29) is 12.1 Å². The number of urea groups is 1. The molecule has 0 spiro atoms. The topological polar surface area (TPSA) is 86.8 Å². The van der Waals surface area contributed by atoms with Crippen molar-refractivity contribution in [2.75, 3.05) is 26.0 Å². The third kappa shape index (κ3) is 8.13. The number of hydrogen-bond acceptors (Lipinski definition) is 3. The minimum atomic E-state index is -0.202. The van der Waals surface area contributed by atoms with Gasteiger partial charge in [0.1, 0.15) is 5.75 Å². The fourth-order valence-corrected chi connectivity index (χ4v) is 2.66. The van der Waals surface area contributed by atoms with Crippen molar-refractivity contribution in [3.05, 3.63) is 59.7 Å². The number of carbonyl (C=O) groups excluding carboxylic acids is 1. The smallest absolute Gasteiger partial charge is 0.319 e. The van der Waals surface area contributed by atoms with Gasteiger partial charge >= 0.3 is 6.03 Å². The molecule has 0 aromatic heterocycles. The maximum absolute atomic E-state index is 11.7. The van der Waals surface area contributed by atoms with E-state index in [0.717, 1.165) is 35.9 Å². The molecule has 2 amide bonds. The Morgan fingerprint density at radius 1 is 1.00 bits per heavy atom. The molecule has 0 radical (unpaired) electrons. The molecule has 0 fully saturated rings. The Bertz CT molecular complexity index is 786. The van der Waals surface area contributed by atoms with Crippen molar-refractivity contribution in [3.63, 3.8) is 0 Å². The van der Waals surface area contributed by atoms with Crippen LogP contribution in [0.3, 0.4) is 0 Å². The number of hydrogen-bond donors (Lipinski definition) is 4. The van der Waals surface area contributed by atoms with Crippen molar-refractivity contribution in [1.82, 2.24) is 16.0 Å². The lowest BCUT2D eigenvalue weighted by atomic mass is 10.1. The van der Waals surface area contributed by atoms with Gasteiger partial charge in [0.2, 0.25) is 0 Å². The van der Waals surface area contributed by atoms with Crippen molar-refractivity contribution in [2.45, 2.75) is 32.9 Å². The Kier molecular flexibility index (Phi) is 8.82. The molecule has 2 rings (SSSR count). The van der Waals surface area contributed by atoms with E-state index in [4.69, 9.17) is 4.74 Å². The summed E-state index contributed by atoms with van der Waals surface area (Å²) in [5.74, 6) is 1.61. The minimum Gasteiger partial charge on any atom is -0.497 e. The Balaban J connectivity index is 1.74. The molecule has 29 heavy (non-hydrogen) atoms. The maximum Gasteiger partial charge on any atom is 0.319 e. The zero-order chi connectivity index (χ0) is 21.1. The van der Waals surface area contributed by atoms with E-state index < -0.39 is 0 Å². The number of nitrogens with zero attached hydrogens (tertiary/aromatic N) is 1. The summed E-state index contributed by atoms with van der Waals surface area (Å²) in [5, 5.41) is 12.2. The van der Waals surface area contributed by atoms with Gasteiger partial charge in [-0.2, -0.15) is 0 Å². The summed E-state index contributed by atoms with van der Waals surface area (Å²) in [7, 11) is 3.42. The lowest BCUT2D eigenvalue weighted by Gasteiger charge is -2.13. The highest BCUT2D eigenvalue weighted by Gasteiger charge is 2.04. The summed E-state index contributed by atoms with van der Waals surface area (Å²) in [5.41, 5.74) is 3.09. The van der Waals surface area contributed by atoms with Crippen LogP contribution < -0.4 is 26.0 Å². The van der Waals surface area contributed by atoms with E-state index in [9.17, 15) is 4.79 Å². The largest absolute Gasteiger partial charge is 0.497 e. The maximum atomic E-state index is 11.7. The molecular formula is C22H31N5O2. The van der Waals surface area contributed by atoms with Gasteiger partial charge < -0.3 is 26.0 Å². The lowest BCUT2D eigenvalue weighted by molar-refractivity contribution is 0.250. The highest BCUT2D eigenvalue weighted by molar-refractivity contribution is 5.89. The Labute approximate surface area is 173 Å². The fourth-order valence-electron chi connectivity index (χ4n) is 2.66. The molecule has 7 nitrogen and oxygen atoms in total. The Morgan fingerprint density at radius 3 is 2.24 bits per heavy atom. The molecule has 2 aromatic rings. The lowest BCUT2D eigenvalue weighted by Crippen LogP contribution is -2.37. The first-order valence-electron chi connectivity index (χ1n) is 9.74. The number of methoxy groups -OCH3 is 1. The quantitative estimate of drug-likeness (QED) is 0.407. The van der Waals surface area contributed by atoms with E-state index in [1.807, 2.05) is 50.2 Å². The number of nitrogens with one attached hydrogen (secondary N) is 4. The van der Waals surface area contributed by atoms with E-state index in [0.29, 0.717) is 6.54 Å². The Morgan fingerprint density at radius 2 is 1.66 bits per heavy atom. The number of amides is 2. The third-order valence-electron chi connectivity index (χ3n) is 4.18. The fraction of sp³-hybridized carbons (Fsp3) is 0.364. The minimum absolute atomic E-state index is 0.0995. The first kappa shape index (κ1) is 22.1. The first-order chi connectivity index (χ1) is 14.0. The second kappa shape index (κ2) is 11.6. The van der Waals surface area contributed by atoms with Gasteiger partial charge in [-0.15, -0.1) is 0 Å². The molecule has 0 aliphatic carbocycles. The van der Waals surface area contributed by atoms with Gasteiger partial charge in [0.15, 0.2) is 5.96 Å². The van der Waals surface area contributed by atoms with Crippen LogP contribution in [0.25, 0.3) is 0 Å². The zero-order valence-electron chi connectivity index (χ0n) is 17.6. The van der Waals surface area contributed by atoms with Crippen LogP contribution in [0, 0.1) is 0 Å². The molecule has 4 N–H and O–H groups in total. The molecule has 0 aliphatic heterocycles. The highest BCUT2D eigenvalue weighted by atomic mass is 16.5. The van der Waals surface area contributed by atoms with Crippen molar-refractivity contribution in [3.8, 4) is 5.75 Å². The zero-order valence-corrected chi connectivity index (χ0v) is 17.6. The summed E-state index contributed by atoms with van der Waals surface area (Å²) < 4.78 is 5.18. The van der Waals surface area contributed by atoms with Gasteiger partial charge in [0, 0.05) is 31.9 Å². The summed E-state index contributed by atoms with van der Waals surface area (Å²) in [6.45, 7) is 5.26. The second-order valence-corrected chi connectivity index (χ2v) is 6.90. The van der Waals surface area contributed by atoms with Crippen LogP contribution >= 0.6 is 0 Å². The van der Waals surface area contributed by atoms with Gasteiger partial charge in [-0.05, 0) is 55.7 Å². The standard InChI is InChI=1S/C22H31N5O2/c1-16(2)26-22(28)27-19-9-5-18(6-10-19)15-25-21(23-3)24-14-13-17-7-11-20(29-4)12-8-17/h5-12,16H,13-15H2,1-4H3,(H2,23,24,25)(H2,26,27,28). The monoisotopic (exact) mass is 397 g/mol. The van der Waals surface area contributed by atoms with Gasteiger partial charge in [0.05, 0.1) is 7.11 Å². The van der Waals surface area contributed by atoms with Gasteiger partial charge in [-0.3, -0.25) is 4.99 Å². The summed E-state index contributed by atoms with van der Waals surface area (Å²) >= 11 is 0. The molecule has 0 saturated carbocycles. The number of guanidine groups is 1. The van der Waals surface area contributed by atoms with E-state index in [1.54, 1.807) is 14.2 Å². The molecule has 0 bridgehead atoms. The predicted octanol–water partition coefficient (Wildman–Crippen LogP) is 3.13. The molecule has 0 saturated heterocycles. The van der Waals surface area contributed by atoms with Crippen LogP contribution in [0.2, 0.25) is 0 Å². The van der Waals surface area contributed by atoms with E-state index in [2.05, 4.69) is 38.4 Å². The molecule has 0 aliphatic rings. The number of aliphatic imine (C=N–C) groups is 1. The van der Waals surface area contributed by atoms with Crippen LogP contribution in [0.5, 0.6) is 5.75 Å². The number of anilines is 1. The second-order valence-electron chi connectivity index (χ2n) is 6.90. The van der Waals surface area contributed by atoms with Gasteiger partial charge in [-0.25, -0.2) is 4.79 Å². The molecule has 156 valence electrons. The number of ether oxygens (including phenoxy) is 1. The third-order valence-corrected chi connectivity index (χ3v) is 4.18. The molecule has 0 atom stereocenters. The summed E-state index contributed by atoms with van der Waals surface area (Å²) in [6.07, 6.45) is 0.892. The molecular weight excluding hydrogens is 366 g/mol. The summed E-state index contributed by atoms with van der Waals surface area (Å²) in [6, 6.07) is 15.7. The molecule has 7 heteroatoms. The van der Waals surface area contributed by atoms with Crippen LogP contribution in [0.15, 0.2) is 53.5 Å². The highest BCUT2D eigenvalue weighted by Crippen LogP contribution is 2.11. The van der Waals surface area contributed by atoms with Crippen LogP contribution in [0.1, 0.15) is 25.0 Å². The van der Waals surface area contributed by atoms with Crippen molar-refractivity contribution in [1.29, 1.82) is 0 Å². The van der Waals surface area contributed by atoms with E-state index >= 15 is 0 Å². The van der Waals surface area contributed by atoms with Crippen molar-refractivity contribution < 1.29 is 9.53 Å². The molecule has 0 unspecified atom stereocenters. The van der Waals surface area contributed by atoms with Gasteiger partial charge in [-0.1, -0.05) is 24.3 Å². The number of carbonyl (C=O) groups is 1. The first-order valence-corrected chi connectivity index (χ1v) is 9.74.